The van der Waals surface area contributed by atoms with E-state index in [2.05, 4.69) is 12.2 Å². The van der Waals surface area contributed by atoms with Crippen LogP contribution in [0.5, 0.6) is 0 Å². The maximum Gasteiger partial charge on any atom is -0.00426 e. The Bertz CT molecular complexity index is 82.4. The number of nitrogens with two attached hydrogens (primary N) is 1. The molecule has 0 atom stereocenters. The molecule has 0 radical (unpaired) electrons. The summed E-state index contributed by atoms with van der Waals surface area (Å²) in [5, 5.41) is 0. The van der Waals surface area contributed by atoms with Crippen molar-refractivity contribution in [2.24, 2.45) is 11.7 Å². The normalized spacial score (nSPS) is 20.1. The van der Waals surface area contributed by atoms with E-state index in [9.17, 15) is 0 Å². The van der Waals surface area contributed by atoms with Crippen LogP contribution in [0.25, 0.3) is 0 Å². The highest BCUT2D eigenvalue weighted by Crippen LogP contribution is 2.29. The third-order valence-electron chi connectivity index (χ3n) is 1.36. The molecule has 1 fully saturated rings. The van der Waals surface area contributed by atoms with Gasteiger partial charge in [-0.3, -0.25) is 0 Å². The second kappa shape index (κ2) is 2.88. The summed E-state index contributed by atoms with van der Waals surface area (Å²) in [6, 6.07) is 0. The molecule has 0 aromatic heterocycles. The molecule has 1 heteroatoms. The van der Waals surface area contributed by atoms with E-state index in [0.717, 1.165) is 18.9 Å². The number of hydrogen-bond donors (Lipinski definition) is 1. The van der Waals surface area contributed by atoms with Gasteiger partial charge in [0.2, 0.25) is 0 Å². The quantitative estimate of drug-likeness (QED) is 0.546. The molecule has 1 aliphatic rings. The minimum absolute atomic E-state index is 0.795. The van der Waals surface area contributed by atoms with Gasteiger partial charge in [-0.25, -0.2) is 0 Å². The Morgan fingerprint density at radius 3 is 2.75 bits per heavy atom. The van der Waals surface area contributed by atoms with E-state index in [-0.39, 0.29) is 0 Å². The van der Waals surface area contributed by atoms with Crippen molar-refractivity contribution in [3.8, 4) is 0 Å². The summed E-state index contributed by atoms with van der Waals surface area (Å²) < 4.78 is 0. The second-order valence-electron chi connectivity index (χ2n) is 2.34. The standard InChI is InChI=1S/C7H13N/c8-6-2-1-3-7-4-5-7/h1,3,7H,2,4-6,8H2. The topological polar surface area (TPSA) is 26.0 Å². The molecule has 0 aromatic rings. The Morgan fingerprint density at radius 1 is 1.50 bits per heavy atom. The van der Waals surface area contributed by atoms with Crippen LogP contribution in [0.4, 0.5) is 0 Å². The van der Waals surface area contributed by atoms with E-state index >= 15 is 0 Å². The third kappa shape index (κ3) is 2.12. The second-order valence-corrected chi connectivity index (χ2v) is 2.34. The van der Waals surface area contributed by atoms with E-state index in [1.54, 1.807) is 0 Å². The van der Waals surface area contributed by atoms with Gasteiger partial charge in [0.25, 0.3) is 0 Å². The molecule has 1 rings (SSSR count). The molecule has 46 valence electrons. The van der Waals surface area contributed by atoms with Gasteiger partial charge in [0.05, 0.1) is 0 Å². The number of allylic oxidation sites excluding steroid dienone is 1. The average Bonchev–Trinajstić information content (AvgIpc) is 2.51. The minimum Gasteiger partial charge on any atom is -0.330 e. The lowest BCUT2D eigenvalue weighted by Crippen LogP contribution is -1.94. The van der Waals surface area contributed by atoms with Crippen molar-refractivity contribution >= 4 is 0 Å². The summed E-state index contributed by atoms with van der Waals surface area (Å²) in [6.45, 7) is 0.795. The highest BCUT2D eigenvalue weighted by molar-refractivity contribution is 4.95. The zero-order chi connectivity index (χ0) is 5.82. The fraction of sp³-hybridized carbons (Fsp3) is 0.714. The van der Waals surface area contributed by atoms with Gasteiger partial charge in [-0.05, 0) is 31.7 Å². The molecule has 0 amide bonds. The van der Waals surface area contributed by atoms with Crippen molar-refractivity contribution < 1.29 is 0 Å². The Morgan fingerprint density at radius 2 is 2.25 bits per heavy atom. The summed E-state index contributed by atoms with van der Waals surface area (Å²) in [5.74, 6) is 0.918. The number of rotatable bonds is 3. The van der Waals surface area contributed by atoms with Crippen LogP contribution in [-0.2, 0) is 0 Å². The van der Waals surface area contributed by atoms with Crippen LogP contribution >= 0.6 is 0 Å². The average molecular weight is 111 g/mol. The maximum absolute atomic E-state index is 5.28. The first kappa shape index (κ1) is 5.83. The van der Waals surface area contributed by atoms with E-state index in [1.807, 2.05) is 0 Å². The highest BCUT2D eigenvalue weighted by atomic mass is 14.5. The van der Waals surface area contributed by atoms with Gasteiger partial charge in [-0.15, -0.1) is 0 Å². The smallest absolute Gasteiger partial charge is 0.00426 e. The molecule has 0 bridgehead atoms. The molecule has 2 N–H and O–H groups in total. The van der Waals surface area contributed by atoms with Gasteiger partial charge in [0.15, 0.2) is 0 Å². The fourth-order valence-corrected chi connectivity index (χ4v) is 0.674. The van der Waals surface area contributed by atoms with Crippen LogP contribution in [0.1, 0.15) is 19.3 Å². The fourth-order valence-electron chi connectivity index (χ4n) is 0.674. The molecule has 1 saturated carbocycles. The molecule has 1 nitrogen and oxygen atoms in total. The SMILES string of the molecule is NCCC=CC1CC1. The van der Waals surface area contributed by atoms with Crippen molar-refractivity contribution in [3.63, 3.8) is 0 Å². The molecule has 0 aromatic carbocycles. The Balaban J connectivity index is 1.96. The van der Waals surface area contributed by atoms with E-state index in [0.29, 0.717) is 0 Å². The third-order valence-corrected chi connectivity index (χ3v) is 1.36. The Hall–Kier alpha value is -0.300. The number of hydrogen-bond acceptors (Lipinski definition) is 1. The van der Waals surface area contributed by atoms with Crippen LogP contribution in [-0.4, -0.2) is 6.54 Å². The molecule has 0 aliphatic heterocycles. The van der Waals surface area contributed by atoms with Gasteiger partial charge >= 0.3 is 0 Å². The van der Waals surface area contributed by atoms with E-state index in [4.69, 9.17) is 5.73 Å². The molecule has 0 spiro atoms. The minimum atomic E-state index is 0.795. The Labute approximate surface area is 50.6 Å². The molecule has 8 heavy (non-hydrogen) atoms. The lowest BCUT2D eigenvalue weighted by Gasteiger charge is -1.81. The van der Waals surface area contributed by atoms with Crippen molar-refractivity contribution in [3.05, 3.63) is 12.2 Å². The molecule has 0 unspecified atom stereocenters. The van der Waals surface area contributed by atoms with Gasteiger partial charge in [0.1, 0.15) is 0 Å². The van der Waals surface area contributed by atoms with Gasteiger partial charge in [-0.1, -0.05) is 12.2 Å². The molecule has 1 aliphatic carbocycles. The first-order valence-electron chi connectivity index (χ1n) is 3.30. The molecular formula is C7H13N. The van der Waals surface area contributed by atoms with Gasteiger partial charge in [-0.2, -0.15) is 0 Å². The van der Waals surface area contributed by atoms with Crippen LogP contribution in [0.15, 0.2) is 12.2 Å². The van der Waals surface area contributed by atoms with Crippen molar-refractivity contribution in [2.45, 2.75) is 19.3 Å². The van der Waals surface area contributed by atoms with Crippen LogP contribution in [0.2, 0.25) is 0 Å². The zero-order valence-corrected chi connectivity index (χ0v) is 5.14. The summed E-state index contributed by atoms with van der Waals surface area (Å²) in [5.41, 5.74) is 5.28. The summed E-state index contributed by atoms with van der Waals surface area (Å²) in [4.78, 5) is 0. The lowest BCUT2D eigenvalue weighted by molar-refractivity contribution is 0.988. The van der Waals surface area contributed by atoms with Crippen molar-refractivity contribution in [2.75, 3.05) is 6.54 Å². The molecule has 0 saturated heterocycles. The van der Waals surface area contributed by atoms with E-state index < -0.39 is 0 Å². The van der Waals surface area contributed by atoms with Gasteiger partial charge in [0, 0.05) is 0 Å². The molecular weight excluding hydrogens is 98.1 g/mol. The summed E-state index contributed by atoms with van der Waals surface area (Å²) in [6.07, 6.45) is 8.34. The van der Waals surface area contributed by atoms with Crippen LogP contribution in [0, 0.1) is 5.92 Å². The largest absolute Gasteiger partial charge is 0.330 e. The first-order valence-corrected chi connectivity index (χ1v) is 3.30. The predicted molar refractivity (Wildman–Crippen MR) is 35.5 cm³/mol. The highest BCUT2D eigenvalue weighted by Gasteiger charge is 2.16. The van der Waals surface area contributed by atoms with Crippen molar-refractivity contribution in [1.82, 2.24) is 0 Å². The van der Waals surface area contributed by atoms with Crippen LogP contribution < -0.4 is 5.73 Å². The van der Waals surface area contributed by atoms with Gasteiger partial charge < -0.3 is 5.73 Å². The lowest BCUT2D eigenvalue weighted by atomic mass is 10.3. The maximum atomic E-state index is 5.28. The first-order chi connectivity index (χ1) is 3.93. The van der Waals surface area contributed by atoms with E-state index in [1.165, 1.54) is 12.8 Å². The van der Waals surface area contributed by atoms with Crippen LogP contribution in [0.3, 0.4) is 0 Å². The van der Waals surface area contributed by atoms with Crippen molar-refractivity contribution in [1.29, 1.82) is 0 Å². The summed E-state index contributed by atoms with van der Waals surface area (Å²) >= 11 is 0. The Kier molecular flexibility index (Phi) is 2.10. The monoisotopic (exact) mass is 111 g/mol. The zero-order valence-electron chi connectivity index (χ0n) is 5.14. The molecule has 0 heterocycles. The predicted octanol–water partition coefficient (Wildman–Crippen LogP) is 1.30. The summed E-state index contributed by atoms with van der Waals surface area (Å²) in [7, 11) is 0.